The van der Waals surface area contributed by atoms with Crippen molar-refractivity contribution in [1.82, 2.24) is 5.32 Å². The second-order valence-electron chi connectivity index (χ2n) is 6.05. The molecule has 0 aromatic heterocycles. The van der Waals surface area contributed by atoms with Crippen LogP contribution in [0, 0.1) is 11.8 Å². The first-order valence-corrected chi connectivity index (χ1v) is 7.45. The largest absolute Gasteiger partial charge is 0.445 e. The Balaban J connectivity index is 1.45. The third-order valence-corrected chi connectivity index (χ3v) is 4.71. The van der Waals surface area contributed by atoms with Gasteiger partial charge in [-0.3, -0.25) is 0 Å². The Morgan fingerprint density at radius 1 is 1.20 bits per heavy atom. The average molecular weight is 274 g/mol. The highest BCUT2D eigenvalue weighted by molar-refractivity contribution is 5.67. The van der Waals surface area contributed by atoms with Crippen LogP contribution in [0.25, 0.3) is 0 Å². The number of nitrogens with two attached hydrogens (primary N) is 1. The van der Waals surface area contributed by atoms with E-state index in [-0.39, 0.29) is 12.1 Å². The van der Waals surface area contributed by atoms with Crippen molar-refractivity contribution >= 4 is 6.09 Å². The van der Waals surface area contributed by atoms with E-state index < -0.39 is 0 Å². The van der Waals surface area contributed by atoms with Crippen molar-refractivity contribution in [2.45, 2.75) is 44.4 Å². The Morgan fingerprint density at radius 2 is 1.85 bits per heavy atom. The monoisotopic (exact) mass is 274 g/mol. The first kappa shape index (κ1) is 13.4. The molecule has 1 aromatic rings. The molecular formula is C16H22N2O2. The number of ether oxygens (including phenoxy) is 1. The molecule has 0 heterocycles. The van der Waals surface area contributed by atoms with Crippen molar-refractivity contribution in [3.05, 3.63) is 35.9 Å². The maximum atomic E-state index is 11.8. The van der Waals surface area contributed by atoms with Crippen LogP contribution in [0.15, 0.2) is 30.3 Å². The van der Waals surface area contributed by atoms with Crippen LogP contribution >= 0.6 is 0 Å². The maximum absolute atomic E-state index is 11.8. The lowest BCUT2D eigenvalue weighted by Gasteiger charge is -2.33. The SMILES string of the molecule is NC1C2CCC1CC(NC(=O)OCc1ccccc1)C2. The third-order valence-electron chi connectivity index (χ3n) is 4.71. The standard InChI is InChI=1S/C16H22N2O2/c17-15-12-6-7-13(15)9-14(8-12)18-16(19)20-10-11-4-2-1-3-5-11/h1-5,12-15H,6-10,17H2,(H,18,19). The van der Waals surface area contributed by atoms with Crippen molar-refractivity contribution in [3.63, 3.8) is 0 Å². The van der Waals surface area contributed by atoms with Crippen LogP contribution in [0.4, 0.5) is 4.79 Å². The smallest absolute Gasteiger partial charge is 0.407 e. The van der Waals surface area contributed by atoms with Crippen LogP contribution in [0.1, 0.15) is 31.2 Å². The second kappa shape index (κ2) is 5.83. The summed E-state index contributed by atoms with van der Waals surface area (Å²) in [6.45, 7) is 0.325. The fraction of sp³-hybridized carbons (Fsp3) is 0.562. The van der Waals surface area contributed by atoms with Crippen LogP contribution in [-0.4, -0.2) is 18.2 Å². The summed E-state index contributed by atoms with van der Waals surface area (Å²) in [5.74, 6) is 1.15. The highest BCUT2D eigenvalue weighted by Crippen LogP contribution is 2.41. The lowest BCUT2D eigenvalue weighted by molar-refractivity contribution is 0.128. The number of carbonyl (C=O) groups excluding carboxylic acids is 1. The van der Waals surface area contributed by atoms with Gasteiger partial charge in [-0.15, -0.1) is 0 Å². The van der Waals surface area contributed by atoms with Crippen LogP contribution in [0.5, 0.6) is 0 Å². The highest BCUT2D eigenvalue weighted by atomic mass is 16.5. The summed E-state index contributed by atoms with van der Waals surface area (Å²) in [6.07, 6.45) is 4.11. The van der Waals surface area contributed by atoms with E-state index in [0.29, 0.717) is 24.5 Å². The van der Waals surface area contributed by atoms with Gasteiger partial charge in [0.2, 0.25) is 0 Å². The number of alkyl carbamates (subject to hydrolysis) is 1. The van der Waals surface area contributed by atoms with E-state index in [1.54, 1.807) is 0 Å². The van der Waals surface area contributed by atoms with E-state index in [4.69, 9.17) is 10.5 Å². The molecule has 4 heteroatoms. The molecule has 2 saturated carbocycles. The fourth-order valence-electron chi connectivity index (χ4n) is 3.62. The molecule has 1 aromatic carbocycles. The number of fused-ring (bicyclic) bond motifs is 2. The van der Waals surface area contributed by atoms with Crippen LogP contribution < -0.4 is 11.1 Å². The van der Waals surface area contributed by atoms with E-state index in [0.717, 1.165) is 18.4 Å². The normalized spacial score (nSPS) is 31.9. The lowest BCUT2D eigenvalue weighted by Crippen LogP contribution is -2.46. The van der Waals surface area contributed by atoms with E-state index >= 15 is 0 Å². The summed E-state index contributed by atoms with van der Waals surface area (Å²) >= 11 is 0. The Morgan fingerprint density at radius 3 is 2.50 bits per heavy atom. The quantitative estimate of drug-likeness (QED) is 0.889. The van der Waals surface area contributed by atoms with E-state index in [1.165, 1.54) is 12.8 Å². The summed E-state index contributed by atoms with van der Waals surface area (Å²) in [5.41, 5.74) is 7.18. The number of rotatable bonds is 3. The molecule has 2 unspecified atom stereocenters. The molecule has 1 amide bonds. The number of nitrogens with one attached hydrogen (secondary N) is 1. The van der Waals surface area contributed by atoms with Crippen molar-refractivity contribution in [2.24, 2.45) is 17.6 Å². The molecule has 108 valence electrons. The predicted octanol–water partition coefficient (Wildman–Crippen LogP) is 2.43. The van der Waals surface area contributed by atoms with Gasteiger partial charge in [0.15, 0.2) is 0 Å². The van der Waals surface area contributed by atoms with Gasteiger partial charge in [-0.25, -0.2) is 4.79 Å². The molecule has 2 aliphatic rings. The first-order chi connectivity index (χ1) is 9.72. The van der Waals surface area contributed by atoms with Crippen LogP contribution in [-0.2, 0) is 11.3 Å². The topological polar surface area (TPSA) is 64.3 Å². The Kier molecular flexibility index (Phi) is 3.92. The Labute approximate surface area is 119 Å². The number of amides is 1. The molecule has 0 radical (unpaired) electrons. The van der Waals surface area contributed by atoms with Crippen LogP contribution in [0.2, 0.25) is 0 Å². The summed E-state index contributed by atoms with van der Waals surface area (Å²) < 4.78 is 5.27. The number of hydrogen-bond acceptors (Lipinski definition) is 3. The van der Waals surface area contributed by atoms with Gasteiger partial charge in [0.1, 0.15) is 6.61 Å². The lowest BCUT2D eigenvalue weighted by atomic mass is 9.82. The second-order valence-corrected chi connectivity index (χ2v) is 6.05. The molecule has 2 fully saturated rings. The molecule has 2 bridgehead atoms. The van der Waals surface area contributed by atoms with Crippen molar-refractivity contribution in [1.29, 1.82) is 0 Å². The zero-order valence-corrected chi connectivity index (χ0v) is 11.6. The Bertz CT molecular complexity index is 449. The van der Waals surface area contributed by atoms with E-state index in [2.05, 4.69) is 5.32 Å². The summed E-state index contributed by atoms with van der Waals surface area (Å²) in [7, 11) is 0. The summed E-state index contributed by atoms with van der Waals surface area (Å²) in [6, 6.07) is 10.3. The highest BCUT2D eigenvalue weighted by Gasteiger charge is 2.41. The van der Waals surface area contributed by atoms with Gasteiger partial charge in [0.05, 0.1) is 0 Å². The van der Waals surface area contributed by atoms with Crippen LogP contribution in [0.3, 0.4) is 0 Å². The van der Waals surface area contributed by atoms with Crippen molar-refractivity contribution in [2.75, 3.05) is 0 Å². The maximum Gasteiger partial charge on any atom is 0.407 e. The van der Waals surface area contributed by atoms with E-state index in [9.17, 15) is 4.79 Å². The Hall–Kier alpha value is -1.55. The first-order valence-electron chi connectivity index (χ1n) is 7.45. The van der Waals surface area contributed by atoms with Gasteiger partial charge in [-0.2, -0.15) is 0 Å². The summed E-state index contributed by atoms with van der Waals surface area (Å²) in [5, 5.41) is 2.99. The van der Waals surface area contributed by atoms with Crippen molar-refractivity contribution < 1.29 is 9.53 Å². The molecular weight excluding hydrogens is 252 g/mol. The summed E-state index contributed by atoms with van der Waals surface area (Å²) in [4.78, 5) is 11.8. The van der Waals surface area contributed by atoms with Gasteiger partial charge in [-0.1, -0.05) is 30.3 Å². The molecule has 2 atom stereocenters. The molecule has 4 nitrogen and oxygen atoms in total. The predicted molar refractivity (Wildman–Crippen MR) is 77.0 cm³/mol. The van der Waals surface area contributed by atoms with Gasteiger partial charge in [0.25, 0.3) is 0 Å². The minimum atomic E-state index is -0.311. The van der Waals surface area contributed by atoms with Crippen molar-refractivity contribution in [3.8, 4) is 0 Å². The van der Waals surface area contributed by atoms with Gasteiger partial charge in [-0.05, 0) is 43.1 Å². The van der Waals surface area contributed by atoms with Gasteiger partial charge in [0, 0.05) is 12.1 Å². The molecule has 2 aliphatic carbocycles. The minimum absolute atomic E-state index is 0.232. The molecule has 3 N–H and O–H groups in total. The third kappa shape index (κ3) is 2.96. The van der Waals surface area contributed by atoms with Gasteiger partial charge < -0.3 is 15.8 Å². The fourth-order valence-corrected chi connectivity index (χ4v) is 3.62. The number of benzene rings is 1. The molecule has 0 spiro atoms. The molecule has 3 rings (SSSR count). The number of hydrogen-bond donors (Lipinski definition) is 2. The zero-order chi connectivity index (χ0) is 13.9. The molecule has 0 saturated heterocycles. The molecule has 0 aliphatic heterocycles. The average Bonchev–Trinajstić information content (AvgIpc) is 2.68. The van der Waals surface area contributed by atoms with Gasteiger partial charge >= 0.3 is 6.09 Å². The zero-order valence-electron chi connectivity index (χ0n) is 11.6. The number of carbonyl (C=O) groups is 1. The molecule has 20 heavy (non-hydrogen) atoms. The minimum Gasteiger partial charge on any atom is -0.445 e. The van der Waals surface area contributed by atoms with E-state index in [1.807, 2.05) is 30.3 Å².